The molecular weight excluding hydrogens is 387 g/mol. The third kappa shape index (κ3) is 4.83. The lowest BCUT2D eigenvalue weighted by Gasteiger charge is -2.12. The first-order chi connectivity index (χ1) is 14.5. The van der Waals surface area contributed by atoms with E-state index >= 15 is 0 Å². The molecule has 3 aromatic rings. The minimum atomic E-state index is -0.602. The molecule has 7 nitrogen and oxygen atoms in total. The second-order valence-electron chi connectivity index (χ2n) is 6.42. The maximum absolute atomic E-state index is 13.6. The molecule has 0 radical (unpaired) electrons. The van der Waals surface area contributed by atoms with E-state index in [2.05, 4.69) is 16.0 Å². The van der Waals surface area contributed by atoms with Gasteiger partial charge in [-0.15, -0.1) is 0 Å². The average molecular weight is 406 g/mol. The highest BCUT2D eigenvalue weighted by atomic mass is 19.1. The average Bonchev–Trinajstić information content (AvgIpc) is 3.28. The molecule has 2 aromatic carbocycles. The van der Waals surface area contributed by atoms with Crippen LogP contribution in [0, 0.1) is 24.1 Å². The van der Waals surface area contributed by atoms with Crippen molar-refractivity contribution in [2.45, 2.75) is 6.92 Å². The van der Waals surface area contributed by atoms with Crippen LogP contribution in [0.15, 0.2) is 59.2 Å². The maximum atomic E-state index is 13.6. The Labute approximate surface area is 172 Å². The number of hydrogen-bond acceptors (Lipinski definition) is 5. The Bertz CT molecular complexity index is 1100. The number of rotatable bonds is 7. The zero-order valence-electron chi connectivity index (χ0n) is 16.2. The van der Waals surface area contributed by atoms with Crippen LogP contribution in [0.3, 0.4) is 0 Å². The molecule has 0 bridgehead atoms. The summed E-state index contributed by atoms with van der Waals surface area (Å²) in [5, 5.41) is 17.4. The number of carbonyl (C=O) groups is 2. The first kappa shape index (κ1) is 20.6. The zero-order chi connectivity index (χ0) is 21.5. The maximum Gasteiger partial charge on any atom is 0.291 e. The topological polar surface area (TPSA) is 107 Å². The smallest absolute Gasteiger partial charge is 0.291 e. The number of furan rings is 1. The molecule has 0 saturated carbocycles. The highest BCUT2D eigenvalue weighted by Gasteiger charge is 2.13. The van der Waals surface area contributed by atoms with E-state index in [9.17, 15) is 14.0 Å². The third-order valence-corrected chi connectivity index (χ3v) is 4.34. The van der Waals surface area contributed by atoms with Crippen molar-refractivity contribution in [3.05, 3.63) is 83.1 Å². The Morgan fingerprint density at radius 3 is 2.63 bits per heavy atom. The van der Waals surface area contributed by atoms with Crippen LogP contribution in [0.2, 0.25) is 0 Å². The summed E-state index contributed by atoms with van der Waals surface area (Å²) >= 11 is 0. The molecule has 0 atom stereocenters. The van der Waals surface area contributed by atoms with Gasteiger partial charge < -0.3 is 20.4 Å². The summed E-state index contributed by atoms with van der Waals surface area (Å²) in [4.78, 5) is 24.6. The Kier molecular flexibility index (Phi) is 6.45. The first-order valence-electron chi connectivity index (χ1n) is 9.16. The predicted molar refractivity (Wildman–Crippen MR) is 110 cm³/mol. The van der Waals surface area contributed by atoms with Gasteiger partial charge in [-0.1, -0.05) is 12.1 Å². The van der Waals surface area contributed by atoms with Crippen LogP contribution in [-0.2, 0) is 0 Å². The molecule has 152 valence electrons. The number of nitrogens with zero attached hydrogens (tertiary/aromatic N) is 1. The molecule has 0 aliphatic heterocycles. The van der Waals surface area contributed by atoms with E-state index in [-0.39, 0.29) is 23.8 Å². The van der Waals surface area contributed by atoms with Crippen molar-refractivity contribution in [2.24, 2.45) is 0 Å². The molecule has 30 heavy (non-hydrogen) atoms. The molecule has 1 aromatic heterocycles. The number of halogens is 1. The van der Waals surface area contributed by atoms with Crippen molar-refractivity contribution in [3.8, 4) is 6.07 Å². The fourth-order valence-corrected chi connectivity index (χ4v) is 2.75. The Morgan fingerprint density at radius 2 is 1.90 bits per heavy atom. The van der Waals surface area contributed by atoms with Crippen LogP contribution in [0.5, 0.6) is 0 Å². The van der Waals surface area contributed by atoms with E-state index in [1.165, 1.54) is 18.4 Å². The molecule has 3 N–H and O–H groups in total. The Balaban J connectivity index is 1.57. The van der Waals surface area contributed by atoms with E-state index in [1.807, 2.05) is 13.0 Å². The number of anilines is 2. The van der Waals surface area contributed by atoms with Crippen LogP contribution in [0.25, 0.3) is 0 Å². The normalized spacial score (nSPS) is 10.2. The quantitative estimate of drug-likeness (QED) is 0.519. The van der Waals surface area contributed by atoms with Gasteiger partial charge in [0.2, 0.25) is 0 Å². The second kappa shape index (κ2) is 9.39. The summed E-state index contributed by atoms with van der Waals surface area (Å²) in [5.74, 6) is -1.17. The summed E-state index contributed by atoms with van der Waals surface area (Å²) in [6.45, 7) is 2.37. The van der Waals surface area contributed by atoms with Crippen LogP contribution >= 0.6 is 0 Å². The lowest BCUT2D eigenvalue weighted by Crippen LogP contribution is -2.29. The summed E-state index contributed by atoms with van der Waals surface area (Å²) in [6, 6.07) is 14.3. The molecular formula is C22H19FN4O3. The summed E-state index contributed by atoms with van der Waals surface area (Å²) in [6.07, 6.45) is 1.41. The molecule has 0 aliphatic carbocycles. The van der Waals surface area contributed by atoms with Gasteiger partial charge in [-0.25, -0.2) is 4.39 Å². The van der Waals surface area contributed by atoms with Gasteiger partial charge in [0, 0.05) is 24.3 Å². The van der Waals surface area contributed by atoms with Gasteiger partial charge in [-0.3, -0.25) is 9.59 Å². The van der Waals surface area contributed by atoms with Gasteiger partial charge in [0.25, 0.3) is 11.8 Å². The minimum absolute atomic E-state index is 0.0701. The van der Waals surface area contributed by atoms with Gasteiger partial charge in [-0.05, 0) is 48.9 Å². The molecule has 0 spiro atoms. The van der Waals surface area contributed by atoms with Crippen molar-refractivity contribution in [2.75, 3.05) is 23.7 Å². The fourth-order valence-electron chi connectivity index (χ4n) is 2.75. The number of hydrogen-bond donors (Lipinski definition) is 3. The molecule has 0 aliphatic rings. The lowest BCUT2D eigenvalue weighted by atomic mass is 10.1. The fraction of sp³-hybridized carbons (Fsp3) is 0.136. The number of aryl methyl sites for hydroxylation is 1. The van der Waals surface area contributed by atoms with Gasteiger partial charge in [-0.2, -0.15) is 5.26 Å². The zero-order valence-corrected chi connectivity index (χ0v) is 16.2. The van der Waals surface area contributed by atoms with Gasteiger partial charge >= 0.3 is 0 Å². The molecule has 3 rings (SSSR count). The first-order valence-corrected chi connectivity index (χ1v) is 9.16. The highest BCUT2D eigenvalue weighted by Crippen LogP contribution is 2.19. The number of benzene rings is 2. The van der Waals surface area contributed by atoms with Gasteiger partial charge in [0.05, 0.1) is 12.0 Å². The minimum Gasteiger partial charge on any atom is -0.459 e. The second-order valence-corrected chi connectivity index (χ2v) is 6.42. The molecule has 8 heteroatoms. The molecule has 0 fully saturated rings. The molecule has 0 saturated heterocycles. The number of carbonyl (C=O) groups excluding carboxylic acids is 2. The van der Waals surface area contributed by atoms with Crippen LogP contribution < -0.4 is 16.0 Å². The van der Waals surface area contributed by atoms with E-state index in [0.717, 1.165) is 5.56 Å². The lowest BCUT2D eigenvalue weighted by molar-refractivity contribution is 0.0953. The summed E-state index contributed by atoms with van der Waals surface area (Å²) < 4.78 is 18.7. The van der Waals surface area contributed by atoms with Crippen LogP contribution in [-0.4, -0.2) is 24.9 Å². The molecule has 2 amide bonds. The number of nitriles is 1. The SMILES string of the molecule is Cc1ccc(C(=O)NCCNc2cccc(F)c2C#N)cc1NC(=O)c1ccco1. The highest BCUT2D eigenvalue weighted by molar-refractivity contribution is 6.03. The van der Waals surface area contributed by atoms with Crippen LogP contribution in [0.4, 0.5) is 15.8 Å². The molecule has 0 unspecified atom stereocenters. The van der Waals surface area contributed by atoms with Gasteiger partial charge in [0.1, 0.15) is 17.4 Å². The molecule has 1 heterocycles. The van der Waals surface area contributed by atoms with Crippen molar-refractivity contribution < 1.29 is 18.4 Å². The monoisotopic (exact) mass is 406 g/mol. The largest absolute Gasteiger partial charge is 0.459 e. The predicted octanol–water partition coefficient (Wildman–Crippen LogP) is 3.69. The van der Waals surface area contributed by atoms with Crippen molar-refractivity contribution in [1.82, 2.24) is 5.32 Å². The van der Waals surface area contributed by atoms with Crippen molar-refractivity contribution in [3.63, 3.8) is 0 Å². The van der Waals surface area contributed by atoms with Crippen molar-refractivity contribution >= 4 is 23.2 Å². The van der Waals surface area contributed by atoms with E-state index in [1.54, 1.807) is 36.4 Å². The third-order valence-electron chi connectivity index (χ3n) is 4.34. The summed E-state index contributed by atoms with van der Waals surface area (Å²) in [5.41, 5.74) is 1.96. The Hall–Kier alpha value is -4.12. The van der Waals surface area contributed by atoms with E-state index in [0.29, 0.717) is 23.5 Å². The standard InChI is InChI=1S/C22H19FN4O3/c1-14-7-8-15(12-19(14)27-22(29)20-6-3-11-30-20)21(28)26-10-9-25-18-5-2-4-17(23)16(18)13-24/h2-8,11-12,25H,9-10H2,1H3,(H,26,28)(H,27,29). The Morgan fingerprint density at radius 1 is 1.07 bits per heavy atom. The number of nitrogens with one attached hydrogen (secondary N) is 3. The van der Waals surface area contributed by atoms with E-state index in [4.69, 9.17) is 9.68 Å². The number of amides is 2. The van der Waals surface area contributed by atoms with Gasteiger partial charge in [0.15, 0.2) is 5.76 Å². The van der Waals surface area contributed by atoms with E-state index < -0.39 is 11.7 Å². The van der Waals surface area contributed by atoms with Crippen molar-refractivity contribution in [1.29, 1.82) is 5.26 Å². The summed E-state index contributed by atoms with van der Waals surface area (Å²) in [7, 11) is 0. The van der Waals surface area contributed by atoms with Crippen LogP contribution in [0.1, 0.15) is 32.0 Å².